The quantitative estimate of drug-likeness (QED) is 0.779. The summed E-state index contributed by atoms with van der Waals surface area (Å²) >= 11 is 5.87. The molecule has 21 heavy (non-hydrogen) atoms. The predicted molar refractivity (Wildman–Crippen MR) is 78.0 cm³/mol. The Balaban J connectivity index is 1.68. The van der Waals surface area contributed by atoms with Crippen LogP contribution in [0.4, 0.5) is 0 Å². The minimum Gasteiger partial charge on any atom is -0.498 e. The molecular weight excluding hydrogens is 292 g/mol. The molecule has 7 heteroatoms. The first kappa shape index (κ1) is 14.4. The van der Waals surface area contributed by atoms with E-state index in [0.717, 1.165) is 12.0 Å². The standard InChI is InChI=1S/C14H15BClNO4/c1-17-7-13(18)20-15(21-14(19)8-17)12-6-11(12)9-2-4-10(16)5-3-9/h2-5,11-12H,6-8H2,1H3. The molecular formula is C14H15BClNO4. The normalized spacial score (nSPS) is 26.7. The summed E-state index contributed by atoms with van der Waals surface area (Å²) in [4.78, 5) is 25.0. The van der Waals surface area contributed by atoms with E-state index < -0.39 is 7.12 Å². The van der Waals surface area contributed by atoms with Crippen LogP contribution in [-0.2, 0) is 18.9 Å². The fourth-order valence-electron chi connectivity index (χ4n) is 2.64. The van der Waals surface area contributed by atoms with E-state index in [9.17, 15) is 9.59 Å². The maximum atomic E-state index is 11.7. The molecule has 1 saturated heterocycles. The number of carbonyl (C=O) groups excluding carboxylic acids is 2. The van der Waals surface area contributed by atoms with E-state index in [2.05, 4.69) is 0 Å². The van der Waals surface area contributed by atoms with Crippen LogP contribution in [0.2, 0.25) is 10.8 Å². The molecule has 2 fully saturated rings. The minimum atomic E-state index is -0.778. The van der Waals surface area contributed by atoms with Crippen molar-refractivity contribution in [2.75, 3.05) is 20.1 Å². The zero-order chi connectivity index (χ0) is 15.0. The Hall–Kier alpha value is -1.53. The number of likely N-dealkylation sites (N-methyl/N-ethyl adjacent to an activating group) is 1. The minimum absolute atomic E-state index is 0.0301. The van der Waals surface area contributed by atoms with Crippen LogP contribution in [0.3, 0.4) is 0 Å². The second-order valence-corrected chi connectivity index (χ2v) is 6.01. The summed E-state index contributed by atoms with van der Waals surface area (Å²) in [5.41, 5.74) is 1.12. The van der Waals surface area contributed by atoms with Crippen molar-refractivity contribution in [1.82, 2.24) is 4.90 Å². The number of hydrogen-bond acceptors (Lipinski definition) is 5. The van der Waals surface area contributed by atoms with E-state index in [1.54, 1.807) is 11.9 Å². The lowest BCUT2D eigenvalue weighted by Gasteiger charge is -2.22. The van der Waals surface area contributed by atoms with Crippen LogP contribution in [0.15, 0.2) is 24.3 Å². The fourth-order valence-corrected chi connectivity index (χ4v) is 2.76. The number of benzene rings is 1. The molecule has 2 unspecified atom stereocenters. The molecule has 0 N–H and O–H groups in total. The molecule has 110 valence electrons. The molecule has 1 aromatic rings. The largest absolute Gasteiger partial charge is 0.602 e. The van der Waals surface area contributed by atoms with E-state index in [1.807, 2.05) is 24.3 Å². The first-order chi connectivity index (χ1) is 10.0. The molecule has 0 amide bonds. The Morgan fingerprint density at radius 1 is 1.14 bits per heavy atom. The van der Waals surface area contributed by atoms with E-state index >= 15 is 0 Å². The summed E-state index contributed by atoms with van der Waals surface area (Å²) in [6, 6.07) is 7.56. The summed E-state index contributed by atoms with van der Waals surface area (Å²) in [6.45, 7) is 0.202. The number of rotatable bonds is 2. The highest BCUT2D eigenvalue weighted by atomic mass is 35.5. The zero-order valence-electron chi connectivity index (χ0n) is 11.6. The van der Waals surface area contributed by atoms with Gasteiger partial charge in [0.25, 0.3) is 0 Å². The molecule has 1 aliphatic heterocycles. The lowest BCUT2D eigenvalue weighted by Crippen LogP contribution is -2.42. The van der Waals surface area contributed by atoms with Gasteiger partial charge in [0.2, 0.25) is 0 Å². The van der Waals surface area contributed by atoms with Gasteiger partial charge in [0.15, 0.2) is 0 Å². The maximum Gasteiger partial charge on any atom is 0.602 e. The van der Waals surface area contributed by atoms with Gasteiger partial charge in [-0.25, -0.2) is 0 Å². The van der Waals surface area contributed by atoms with Gasteiger partial charge >= 0.3 is 19.1 Å². The van der Waals surface area contributed by atoms with Gasteiger partial charge in [0, 0.05) is 10.8 Å². The molecule has 5 nitrogen and oxygen atoms in total. The second kappa shape index (κ2) is 5.69. The highest BCUT2D eigenvalue weighted by Gasteiger charge is 2.54. The maximum absolute atomic E-state index is 11.7. The van der Waals surface area contributed by atoms with Crippen LogP contribution in [0.5, 0.6) is 0 Å². The number of halogens is 1. The fraction of sp³-hybridized carbons (Fsp3) is 0.429. The summed E-state index contributed by atoms with van der Waals surface area (Å²) in [5.74, 6) is -0.457. The van der Waals surface area contributed by atoms with E-state index in [4.69, 9.17) is 20.9 Å². The molecule has 2 atom stereocenters. The molecule has 1 aromatic carbocycles. The average molecular weight is 308 g/mol. The number of nitrogens with zero attached hydrogens (tertiary/aromatic N) is 1. The Morgan fingerprint density at radius 2 is 1.71 bits per heavy atom. The van der Waals surface area contributed by atoms with Gasteiger partial charge in [-0.15, -0.1) is 0 Å². The summed E-state index contributed by atoms with van der Waals surface area (Å²) in [6.07, 6.45) is 0.836. The molecule has 0 bridgehead atoms. The van der Waals surface area contributed by atoms with Crippen LogP contribution < -0.4 is 0 Å². The molecule has 2 aliphatic rings. The third-order valence-electron chi connectivity index (χ3n) is 3.78. The molecule has 3 rings (SSSR count). The first-order valence-corrected chi connectivity index (χ1v) is 7.23. The Bertz CT molecular complexity index is 545. The van der Waals surface area contributed by atoms with Crippen molar-refractivity contribution in [2.24, 2.45) is 0 Å². The third kappa shape index (κ3) is 3.39. The monoisotopic (exact) mass is 307 g/mol. The predicted octanol–water partition coefficient (Wildman–Crippen LogP) is 1.72. The van der Waals surface area contributed by atoms with E-state index in [-0.39, 0.29) is 36.8 Å². The lowest BCUT2D eigenvalue weighted by molar-refractivity contribution is -0.145. The van der Waals surface area contributed by atoms with Gasteiger partial charge < -0.3 is 9.31 Å². The van der Waals surface area contributed by atoms with Crippen molar-refractivity contribution in [3.05, 3.63) is 34.9 Å². The smallest absolute Gasteiger partial charge is 0.498 e. The van der Waals surface area contributed by atoms with E-state index in [0.29, 0.717) is 5.02 Å². The van der Waals surface area contributed by atoms with Gasteiger partial charge in [-0.2, -0.15) is 0 Å². The average Bonchev–Trinajstić information content (AvgIpc) is 3.17. The number of carbonyl (C=O) groups is 2. The molecule has 0 spiro atoms. The van der Waals surface area contributed by atoms with Gasteiger partial charge in [-0.1, -0.05) is 23.7 Å². The molecule has 1 saturated carbocycles. The van der Waals surface area contributed by atoms with Crippen LogP contribution in [0, 0.1) is 0 Å². The van der Waals surface area contributed by atoms with Gasteiger partial charge in [0.05, 0.1) is 13.1 Å². The summed E-state index contributed by atoms with van der Waals surface area (Å²) in [5, 5.41) is 0.683. The summed E-state index contributed by atoms with van der Waals surface area (Å²) in [7, 11) is 0.899. The van der Waals surface area contributed by atoms with Crippen LogP contribution in [0.1, 0.15) is 17.9 Å². The SMILES string of the molecule is CN1CC(=O)OB(C2CC2c2ccc(Cl)cc2)OC(=O)C1. The van der Waals surface area contributed by atoms with Crippen LogP contribution >= 0.6 is 11.6 Å². The van der Waals surface area contributed by atoms with Crippen molar-refractivity contribution in [1.29, 1.82) is 0 Å². The van der Waals surface area contributed by atoms with Crippen molar-refractivity contribution in [3.63, 3.8) is 0 Å². The highest BCUT2D eigenvalue weighted by Crippen LogP contribution is 2.55. The topological polar surface area (TPSA) is 55.8 Å². The van der Waals surface area contributed by atoms with Crippen LogP contribution in [0.25, 0.3) is 0 Å². The highest BCUT2D eigenvalue weighted by molar-refractivity contribution is 6.52. The Morgan fingerprint density at radius 3 is 2.29 bits per heavy atom. The van der Waals surface area contributed by atoms with Crippen molar-refractivity contribution >= 4 is 30.7 Å². The van der Waals surface area contributed by atoms with Gasteiger partial charge in [-0.05, 0) is 37.1 Å². The lowest BCUT2D eigenvalue weighted by atomic mass is 9.79. The molecule has 1 heterocycles. The Labute approximate surface area is 128 Å². The van der Waals surface area contributed by atoms with Crippen molar-refractivity contribution < 1.29 is 18.9 Å². The molecule has 0 radical (unpaired) electrons. The summed E-state index contributed by atoms with van der Waals surface area (Å²) < 4.78 is 10.6. The molecule has 1 aliphatic carbocycles. The van der Waals surface area contributed by atoms with Crippen molar-refractivity contribution in [3.8, 4) is 0 Å². The molecule has 0 aromatic heterocycles. The second-order valence-electron chi connectivity index (χ2n) is 5.58. The van der Waals surface area contributed by atoms with E-state index in [1.165, 1.54) is 0 Å². The Kier molecular flexibility index (Phi) is 3.91. The first-order valence-electron chi connectivity index (χ1n) is 6.86. The third-order valence-corrected chi connectivity index (χ3v) is 4.03. The van der Waals surface area contributed by atoms with Gasteiger partial charge in [0.1, 0.15) is 0 Å². The van der Waals surface area contributed by atoms with Crippen molar-refractivity contribution in [2.45, 2.75) is 18.2 Å². The zero-order valence-corrected chi connectivity index (χ0v) is 12.4. The van der Waals surface area contributed by atoms with Gasteiger partial charge in [-0.3, -0.25) is 14.5 Å². The van der Waals surface area contributed by atoms with Crippen LogP contribution in [-0.4, -0.2) is 44.1 Å². The number of hydrogen-bond donors (Lipinski definition) is 0.